The van der Waals surface area contributed by atoms with Crippen LogP contribution in [-0.4, -0.2) is 25.2 Å². The molecule has 2 heterocycles. The lowest BCUT2D eigenvalue weighted by molar-refractivity contribution is -0.136. The van der Waals surface area contributed by atoms with Crippen LogP contribution in [0, 0.1) is 5.82 Å². The monoisotopic (exact) mass is 261 g/mol. The van der Waals surface area contributed by atoms with Gasteiger partial charge in [-0.3, -0.25) is 0 Å². The van der Waals surface area contributed by atoms with Crippen molar-refractivity contribution in [3.63, 3.8) is 0 Å². The SMILES string of the molecule is COC(=O)C1=C(c2ccc(F)cc2)CC2CCC1N2. The van der Waals surface area contributed by atoms with Crippen molar-refractivity contribution in [2.75, 3.05) is 7.11 Å². The van der Waals surface area contributed by atoms with E-state index in [1.807, 2.05) is 0 Å². The summed E-state index contributed by atoms with van der Waals surface area (Å²) in [5.41, 5.74) is 2.63. The molecule has 1 saturated heterocycles. The molecular formula is C15H16FNO2. The molecule has 0 saturated carbocycles. The highest BCUT2D eigenvalue weighted by Crippen LogP contribution is 2.37. The van der Waals surface area contributed by atoms with Crippen LogP contribution in [0.5, 0.6) is 0 Å². The number of rotatable bonds is 2. The third-order valence-corrected chi connectivity index (χ3v) is 3.96. The van der Waals surface area contributed by atoms with Gasteiger partial charge >= 0.3 is 5.97 Å². The second-order valence-corrected chi connectivity index (χ2v) is 5.09. The number of nitrogens with one attached hydrogen (secondary N) is 1. The van der Waals surface area contributed by atoms with Crippen molar-refractivity contribution < 1.29 is 13.9 Å². The van der Waals surface area contributed by atoms with Gasteiger partial charge in [0.05, 0.1) is 12.7 Å². The molecule has 1 fully saturated rings. The van der Waals surface area contributed by atoms with Crippen molar-refractivity contribution in [2.45, 2.75) is 31.3 Å². The summed E-state index contributed by atoms with van der Waals surface area (Å²) in [4.78, 5) is 12.0. The average molecular weight is 261 g/mol. The summed E-state index contributed by atoms with van der Waals surface area (Å²) in [6.45, 7) is 0. The molecule has 3 rings (SSSR count). The van der Waals surface area contributed by atoms with Crippen LogP contribution in [0.4, 0.5) is 4.39 Å². The molecule has 2 aliphatic heterocycles. The molecule has 0 aromatic heterocycles. The zero-order chi connectivity index (χ0) is 13.4. The Labute approximate surface area is 111 Å². The van der Waals surface area contributed by atoms with Gasteiger partial charge in [-0.1, -0.05) is 12.1 Å². The number of carbonyl (C=O) groups excluding carboxylic acids is 1. The Bertz CT molecular complexity index is 536. The molecule has 2 unspecified atom stereocenters. The normalized spacial score (nSPS) is 25.6. The number of hydrogen-bond acceptors (Lipinski definition) is 3. The molecule has 1 aromatic carbocycles. The molecular weight excluding hydrogens is 245 g/mol. The van der Waals surface area contributed by atoms with Crippen LogP contribution in [0.3, 0.4) is 0 Å². The van der Waals surface area contributed by atoms with Gasteiger partial charge in [-0.25, -0.2) is 9.18 Å². The number of fused-ring (bicyclic) bond motifs is 2. The van der Waals surface area contributed by atoms with Crippen LogP contribution in [0.1, 0.15) is 24.8 Å². The van der Waals surface area contributed by atoms with Crippen molar-refractivity contribution in [3.8, 4) is 0 Å². The fourth-order valence-corrected chi connectivity index (χ4v) is 3.07. The average Bonchev–Trinajstić information content (AvgIpc) is 2.80. The molecule has 19 heavy (non-hydrogen) atoms. The van der Waals surface area contributed by atoms with Gasteiger partial charge in [-0.2, -0.15) is 0 Å². The van der Waals surface area contributed by atoms with Crippen LogP contribution >= 0.6 is 0 Å². The third kappa shape index (κ3) is 2.16. The molecule has 2 atom stereocenters. The first-order chi connectivity index (χ1) is 9.19. The Balaban J connectivity index is 2.07. The summed E-state index contributed by atoms with van der Waals surface area (Å²) in [5, 5.41) is 3.43. The maximum Gasteiger partial charge on any atom is 0.335 e. The fraction of sp³-hybridized carbons (Fsp3) is 0.400. The van der Waals surface area contributed by atoms with Crippen molar-refractivity contribution in [1.29, 1.82) is 0 Å². The Morgan fingerprint density at radius 1 is 1.32 bits per heavy atom. The lowest BCUT2D eigenvalue weighted by Crippen LogP contribution is -2.38. The van der Waals surface area contributed by atoms with E-state index in [0.717, 1.165) is 30.4 Å². The summed E-state index contributed by atoms with van der Waals surface area (Å²) < 4.78 is 17.9. The van der Waals surface area contributed by atoms with Gasteiger partial charge in [-0.15, -0.1) is 0 Å². The van der Waals surface area contributed by atoms with E-state index < -0.39 is 0 Å². The molecule has 100 valence electrons. The molecule has 2 bridgehead atoms. The Morgan fingerprint density at radius 2 is 2.05 bits per heavy atom. The molecule has 3 nitrogen and oxygen atoms in total. The summed E-state index contributed by atoms with van der Waals surface area (Å²) in [6, 6.07) is 6.82. The highest BCUT2D eigenvalue weighted by Gasteiger charge is 2.37. The van der Waals surface area contributed by atoms with Gasteiger partial charge in [0.1, 0.15) is 5.82 Å². The quantitative estimate of drug-likeness (QED) is 0.830. The Hall–Kier alpha value is -1.68. The number of carbonyl (C=O) groups is 1. The van der Waals surface area contributed by atoms with E-state index in [1.54, 1.807) is 12.1 Å². The van der Waals surface area contributed by atoms with E-state index in [2.05, 4.69) is 5.32 Å². The molecule has 1 N–H and O–H groups in total. The second kappa shape index (κ2) is 4.78. The van der Waals surface area contributed by atoms with Crippen LogP contribution < -0.4 is 5.32 Å². The van der Waals surface area contributed by atoms with Gasteiger partial charge in [0.25, 0.3) is 0 Å². The van der Waals surface area contributed by atoms with Gasteiger partial charge in [0.15, 0.2) is 0 Å². The number of halogens is 1. The molecule has 2 aliphatic rings. The number of ether oxygens (including phenoxy) is 1. The predicted octanol–water partition coefficient (Wildman–Crippen LogP) is 2.28. The molecule has 1 aromatic rings. The predicted molar refractivity (Wildman–Crippen MR) is 69.9 cm³/mol. The molecule has 0 spiro atoms. The lowest BCUT2D eigenvalue weighted by Gasteiger charge is -2.26. The largest absolute Gasteiger partial charge is 0.466 e. The van der Waals surface area contributed by atoms with E-state index in [4.69, 9.17) is 4.74 Å². The summed E-state index contributed by atoms with van der Waals surface area (Å²) >= 11 is 0. The molecule has 4 heteroatoms. The number of hydrogen-bond donors (Lipinski definition) is 1. The van der Waals surface area contributed by atoms with Crippen molar-refractivity contribution in [3.05, 3.63) is 41.2 Å². The van der Waals surface area contributed by atoms with Crippen molar-refractivity contribution >= 4 is 11.5 Å². The zero-order valence-corrected chi connectivity index (χ0v) is 10.8. The van der Waals surface area contributed by atoms with Crippen molar-refractivity contribution in [2.24, 2.45) is 0 Å². The first-order valence-corrected chi connectivity index (χ1v) is 6.52. The maximum atomic E-state index is 13.0. The van der Waals surface area contributed by atoms with Gasteiger partial charge in [-0.05, 0) is 42.5 Å². The molecule has 0 amide bonds. The summed E-state index contributed by atoms with van der Waals surface area (Å²) in [5.74, 6) is -0.543. The van der Waals surface area contributed by atoms with E-state index in [9.17, 15) is 9.18 Å². The van der Waals surface area contributed by atoms with E-state index >= 15 is 0 Å². The molecule has 0 aliphatic carbocycles. The minimum atomic E-state index is -0.280. The minimum Gasteiger partial charge on any atom is -0.466 e. The lowest BCUT2D eigenvalue weighted by atomic mass is 9.90. The Morgan fingerprint density at radius 3 is 2.74 bits per heavy atom. The summed E-state index contributed by atoms with van der Waals surface area (Å²) in [6.07, 6.45) is 2.82. The smallest absolute Gasteiger partial charge is 0.335 e. The van der Waals surface area contributed by atoms with Gasteiger partial charge in [0.2, 0.25) is 0 Å². The van der Waals surface area contributed by atoms with E-state index in [1.165, 1.54) is 19.2 Å². The number of benzene rings is 1. The third-order valence-electron chi connectivity index (χ3n) is 3.96. The highest BCUT2D eigenvalue weighted by molar-refractivity contribution is 5.99. The van der Waals surface area contributed by atoms with Crippen LogP contribution in [-0.2, 0) is 9.53 Å². The van der Waals surface area contributed by atoms with Crippen LogP contribution in [0.25, 0.3) is 5.57 Å². The minimum absolute atomic E-state index is 0.0752. The van der Waals surface area contributed by atoms with Crippen LogP contribution in [0.2, 0.25) is 0 Å². The van der Waals surface area contributed by atoms with E-state index in [-0.39, 0.29) is 17.8 Å². The first-order valence-electron chi connectivity index (χ1n) is 6.52. The zero-order valence-electron chi connectivity index (χ0n) is 10.8. The summed E-state index contributed by atoms with van der Waals surface area (Å²) in [7, 11) is 1.40. The van der Waals surface area contributed by atoms with Crippen LogP contribution in [0.15, 0.2) is 29.8 Å². The standard InChI is InChI=1S/C15H16FNO2/c1-19-15(18)14-12(8-11-6-7-13(14)17-11)9-2-4-10(16)5-3-9/h2-5,11,13,17H,6-8H2,1H3. The topological polar surface area (TPSA) is 38.3 Å². The maximum absolute atomic E-state index is 13.0. The Kier molecular flexibility index (Phi) is 3.11. The fourth-order valence-electron chi connectivity index (χ4n) is 3.07. The number of methoxy groups -OCH3 is 1. The van der Waals surface area contributed by atoms with Gasteiger partial charge in [0, 0.05) is 12.1 Å². The first kappa shape index (κ1) is 12.4. The van der Waals surface area contributed by atoms with Crippen molar-refractivity contribution in [1.82, 2.24) is 5.32 Å². The number of esters is 1. The second-order valence-electron chi connectivity index (χ2n) is 5.09. The van der Waals surface area contributed by atoms with E-state index in [0.29, 0.717) is 11.6 Å². The molecule has 0 radical (unpaired) electrons. The highest BCUT2D eigenvalue weighted by atomic mass is 19.1. The van der Waals surface area contributed by atoms with Gasteiger partial charge < -0.3 is 10.1 Å².